The van der Waals surface area contributed by atoms with Crippen molar-refractivity contribution in [2.24, 2.45) is 0 Å². The summed E-state index contributed by atoms with van der Waals surface area (Å²) in [5, 5.41) is 1.15. The van der Waals surface area contributed by atoms with Crippen LogP contribution in [0.3, 0.4) is 0 Å². The van der Waals surface area contributed by atoms with Gasteiger partial charge in [-0.25, -0.2) is 0 Å². The minimum absolute atomic E-state index is 0.0895. The molecule has 1 aliphatic heterocycles. The van der Waals surface area contributed by atoms with Crippen LogP contribution in [0, 0.1) is 0 Å². The molecule has 2 aromatic rings. The Morgan fingerprint density at radius 2 is 2.21 bits per heavy atom. The SMILES string of the molecule is [B]c1ccc2[nH]c(C3(C)CO3)cc2c1. The van der Waals surface area contributed by atoms with Crippen molar-refractivity contribution < 1.29 is 4.74 Å². The Bertz CT molecular complexity index is 499. The van der Waals surface area contributed by atoms with Crippen LogP contribution in [0.5, 0.6) is 0 Å². The van der Waals surface area contributed by atoms with E-state index in [0.717, 1.165) is 28.7 Å². The van der Waals surface area contributed by atoms with Gasteiger partial charge in [-0.05, 0) is 24.4 Å². The zero-order chi connectivity index (χ0) is 9.76. The summed E-state index contributed by atoms with van der Waals surface area (Å²) in [6, 6.07) is 7.98. The third-order valence-corrected chi connectivity index (χ3v) is 2.79. The number of hydrogen-bond donors (Lipinski definition) is 1. The molecule has 3 heteroatoms. The van der Waals surface area contributed by atoms with Crippen LogP contribution in [0.2, 0.25) is 0 Å². The van der Waals surface area contributed by atoms with Crippen LogP contribution >= 0.6 is 0 Å². The predicted molar refractivity (Wildman–Crippen MR) is 57.0 cm³/mol. The van der Waals surface area contributed by atoms with Gasteiger partial charge in [-0.2, -0.15) is 0 Å². The van der Waals surface area contributed by atoms with Crippen molar-refractivity contribution in [1.82, 2.24) is 4.98 Å². The number of aromatic amines is 1. The Morgan fingerprint density at radius 1 is 1.43 bits per heavy atom. The average Bonchev–Trinajstić information content (AvgIpc) is 2.77. The summed E-state index contributed by atoms with van der Waals surface area (Å²) in [5.41, 5.74) is 2.96. The second-order valence-electron chi connectivity index (χ2n) is 4.05. The standard InChI is InChI=1S/C11H10BNO/c1-11(6-14-11)10-5-7-4-8(12)2-3-9(7)13-10/h2-5,13H,6H2,1H3. The minimum atomic E-state index is -0.0895. The fraction of sp³-hybridized carbons (Fsp3) is 0.273. The molecule has 3 rings (SSSR count). The Balaban J connectivity index is 2.20. The molecule has 1 unspecified atom stereocenters. The molecule has 14 heavy (non-hydrogen) atoms. The molecule has 2 radical (unpaired) electrons. The lowest BCUT2D eigenvalue weighted by Gasteiger charge is -1.98. The topological polar surface area (TPSA) is 28.3 Å². The van der Waals surface area contributed by atoms with Crippen LogP contribution in [0.1, 0.15) is 12.6 Å². The van der Waals surface area contributed by atoms with Crippen LogP contribution < -0.4 is 5.46 Å². The third-order valence-electron chi connectivity index (χ3n) is 2.79. The van der Waals surface area contributed by atoms with Crippen LogP contribution in [-0.2, 0) is 10.3 Å². The van der Waals surface area contributed by atoms with Crippen LogP contribution in [0.15, 0.2) is 24.3 Å². The smallest absolute Gasteiger partial charge is 0.128 e. The van der Waals surface area contributed by atoms with Gasteiger partial charge < -0.3 is 9.72 Å². The summed E-state index contributed by atoms with van der Waals surface area (Å²) in [7, 11) is 5.71. The van der Waals surface area contributed by atoms with Gasteiger partial charge in [-0.3, -0.25) is 0 Å². The summed E-state index contributed by atoms with van der Waals surface area (Å²) in [6.45, 7) is 2.89. The maximum atomic E-state index is 5.71. The molecular formula is C11H10BNO. The molecule has 1 aliphatic rings. The van der Waals surface area contributed by atoms with E-state index in [1.807, 2.05) is 18.2 Å². The maximum absolute atomic E-state index is 5.71. The number of epoxide rings is 1. The van der Waals surface area contributed by atoms with Crippen molar-refractivity contribution in [1.29, 1.82) is 0 Å². The first-order valence-electron chi connectivity index (χ1n) is 4.70. The Kier molecular flexibility index (Phi) is 1.41. The lowest BCUT2D eigenvalue weighted by molar-refractivity contribution is 0.325. The zero-order valence-corrected chi connectivity index (χ0v) is 8.00. The predicted octanol–water partition coefficient (Wildman–Crippen LogP) is 1.21. The first-order chi connectivity index (χ1) is 6.67. The Morgan fingerprint density at radius 3 is 2.93 bits per heavy atom. The molecule has 0 aliphatic carbocycles. The van der Waals surface area contributed by atoms with E-state index in [4.69, 9.17) is 12.6 Å². The van der Waals surface area contributed by atoms with Crippen molar-refractivity contribution in [3.05, 3.63) is 30.0 Å². The highest BCUT2D eigenvalue weighted by molar-refractivity contribution is 6.33. The normalized spacial score (nSPS) is 25.5. The van der Waals surface area contributed by atoms with E-state index < -0.39 is 0 Å². The Labute approximate surface area is 83.7 Å². The van der Waals surface area contributed by atoms with Gasteiger partial charge in [0.15, 0.2) is 0 Å². The lowest BCUT2D eigenvalue weighted by atomic mass is 9.95. The highest BCUT2D eigenvalue weighted by Gasteiger charge is 2.42. The molecule has 1 N–H and O–H groups in total. The summed E-state index contributed by atoms with van der Waals surface area (Å²) < 4.78 is 5.38. The van der Waals surface area contributed by atoms with Gasteiger partial charge >= 0.3 is 0 Å². The van der Waals surface area contributed by atoms with E-state index in [2.05, 4.69) is 18.0 Å². The number of rotatable bonds is 1. The molecule has 68 valence electrons. The highest BCUT2D eigenvalue weighted by atomic mass is 16.6. The molecule has 0 bridgehead atoms. The second-order valence-corrected chi connectivity index (χ2v) is 4.05. The van der Waals surface area contributed by atoms with Crippen molar-refractivity contribution >= 4 is 24.2 Å². The van der Waals surface area contributed by atoms with Crippen molar-refractivity contribution in [2.75, 3.05) is 6.61 Å². The number of fused-ring (bicyclic) bond motifs is 1. The first-order valence-corrected chi connectivity index (χ1v) is 4.70. The first kappa shape index (κ1) is 8.12. The van der Waals surface area contributed by atoms with Crippen LogP contribution in [-0.4, -0.2) is 19.4 Å². The molecule has 1 fully saturated rings. The molecule has 1 saturated heterocycles. The van der Waals surface area contributed by atoms with Crippen LogP contribution in [0.4, 0.5) is 0 Å². The van der Waals surface area contributed by atoms with Gasteiger partial charge in [-0.1, -0.05) is 17.6 Å². The number of aromatic nitrogens is 1. The van der Waals surface area contributed by atoms with Crippen molar-refractivity contribution in [2.45, 2.75) is 12.5 Å². The number of benzene rings is 1. The highest BCUT2D eigenvalue weighted by Crippen LogP contribution is 2.38. The van der Waals surface area contributed by atoms with E-state index in [1.165, 1.54) is 0 Å². The van der Waals surface area contributed by atoms with Gasteiger partial charge in [-0.15, -0.1) is 0 Å². The van der Waals surface area contributed by atoms with Crippen molar-refractivity contribution in [3.8, 4) is 0 Å². The van der Waals surface area contributed by atoms with E-state index in [-0.39, 0.29) is 5.60 Å². The number of H-pyrrole nitrogens is 1. The largest absolute Gasteiger partial charge is 0.363 e. The van der Waals surface area contributed by atoms with Crippen LogP contribution in [0.25, 0.3) is 10.9 Å². The summed E-state index contributed by atoms with van der Waals surface area (Å²) in [4.78, 5) is 3.34. The summed E-state index contributed by atoms with van der Waals surface area (Å²) in [5.74, 6) is 0. The fourth-order valence-corrected chi connectivity index (χ4v) is 1.70. The van der Waals surface area contributed by atoms with Crippen molar-refractivity contribution in [3.63, 3.8) is 0 Å². The Hall–Kier alpha value is -1.22. The minimum Gasteiger partial charge on any atom is -0.363 e. The van der Waals surface area contributed by atoms with Gasteiger partial charge in [0.2, 0.25) is 0 Å². The molecule has 1 aromatic carbocycles. The molecule has 0 saturated carbocycles. The van der Waals surface area contributed by atoms with Gasteiger partial charge in [0.05, 0.1) is 12.3 Å². The monoisotopic (exact) mass is 183 g/mol. The molecular weight excluding hydrogens is 173 g/mol. The number of hydrogen-bond acceptors (Lipinski definition) is 1. The zero-order valence-electron chi connectivity index (χ0n) is 8.00. The number of ether oxygens (including phenoxy) is 1. The van der Waals surface area contributed by atoms with E-state index in [0.29, 0.717) is 0 Å². The number of nitrogens with one attached hydrogen (secondary N) is 1. The molecule has 2 heterocycles. The molecule has 0 amide bonds. The second kappa shape index (κ2) is 2.42. The van der Waals surface area contributed by atoms with Gasteiger partial charge in [0, 0.05) is 5.52 Å². The van der Waals surface area contributed by atoms with Gasteiger partial charge in [0.25, 0.3) is 0 Å². The van der Waals surface area contributed by atoms with E-state index in [9.17, 15) is 0 Å². The van der Waals surface area contributed by atoms with E-state index >= 15 is 0 Å². The lowest BCUT2D eigenvalue weighted by Crippen LogP contribution is -2.01. The molecule has 0 spiro atoms. The summed E-state index contributed by atoms with van der Waals surface area (Å²) in [6.07, 6.45) is 0. The molecule has 1 atom stereocenters. The fourth-order valence-electron chi connectivity index (χ4n) is 1.70. The molecule has 2 nitrogen and oxygen atoms in total. The van der Waals surface area contributed by atoms with E-state index in [1.54, 1.807) is 0 Å². The quantitative estimate of drug-likeness (QED) is 0.522. The average molecular weight is 183 g/mol. The maximum Gasteiger partial charge on any atom is 0.128 e. The molecule has 1 aromatic heterocycles. The summed E-state index contributed by atoms with van der Waals surface area (Å²) >= 11 is 0. The third kappa shape index (κ3) is 1.09. The van der Waals surface area contributed by atoms with Gasteiger partial charge in [0.1, 0.15) is 13.4 Å².